The second-order valence-electron chi connectivity index (χ2n) is 8.81. The first kappa shape index (κ1) is 30.7. The lowest BCUT2D eigenvalue weighted by Gasteiger charge is -2.19. The van der Waals surface area contributed by atoms with Gasteiger partial charge in [0.2, 0.25) is 5.52 Å². The van der Waals surface area contributed by atoms with E-state index in [0.717, 1.165) is 23.1 Å². The molecule has 0 radical (unpaired) electrons. The van der Waals surface area contributed by atoms with Crippen LogP contribution < -0.4 is 9.47 Å². The van der Waals surface area contributed by atoms with Gasteiger partial charge in [-0.25, -0.2) is 0 Å². The Kier molecular flexibility index (Phi) is 13.5. The summed E-state index contributed by atoms with van der Waals surface area (Å²) in [4.78, 5) is 3.51. The molecule has 2 aromatic carbocycles. The minimum absolute atomic E-state index is 0.560. The summed E-state index contributed by atoms with van der Waals surface area (Å²) in [6.45, 7) is 7.31. The van der Waals surface area contributed by atoms with Gasteiger partial charge in [0, 0.05) is 31.7 Å². The molecule has 2 heterocycles. The number of thioether (sulfide) groups is 1. The first-order valence-corrected chi connectivity index (χ1v) is 15.2. The highest BCUT2D eigenvalue weighted by molar-refractivity contribution is 8.03. The molecule has 1 aliphatic heterocycles. The topological polar surface area (TPSA) is 62.5 Å². The van der Waals surface area contributed by atoms with Crippen molar-refractivity contribution in [1.29, 1.82) is 0 Å². The number of methoxy groups -OCH3 is 2. The summed E-state index contributed by atoms with van der Waals surface area (Å²) in [6, 6.07) is 16.9. The van der Waals surface area contributed by atoms with E-state index in [0.29, 0.717) is 66.1 Å². The van der Waals surface area contributed by atoms with E-state index in [1.807, 2.05) is 0 Å². The molecule has 0 bridgehead atoms. The fourth-order valence-corrected chi connectivity index (χ4v) is 6.25. The Morgan fingerprint density at radius 3 is 2.12 bits per heavy atom. The number of rotatable bonds is 19. The molecule has 0 unspecified atom stereocenters. The Labute approximate surface area is 245 Å². The van der Waals surface area contributed by atoms with Crippen LogP contribution in [0.25, 0.3) is 16.3 Å². The summed E-state index contributed by atoms with van der Waals surface area (Å²) in [7, 11) is 3.34. The number of anilines is 1. The van der Waals surface area contributed by atoms with Crippen molar-refractivity contribution in [2.24, 2.45) is 0 Å². The van der Waals surface area contributed by atoms with Crippen LogP contribution >= 0.6 is 23.1 Å². The Morgan fingerprint density at radius 1 is 0.750 bits per heavy atom. The second kappa shape index (κ2) is 17.5. The van der Waals surface area contributed by atoms with Crippen molar-refractivity contribution in [1.82, 2.24) is 0 Å². The zero-order valence-corrected chi connectivity index (χ0v) is 25.0. The quantitative estimate of drug-likeness (QED) is 0.115. The summed E-state index contributed by atoms with van der Waals surface area (Å²) >= 11 is 3.50. The lowest BCUT2D eigenvalue weighted by molar-refractivity contribution is -0.670. The molecule has 0 N–H and O–H groups in total. The van der Waals surface area contributed by atoms with E-state index in [-0.39, 0.29) is 0 Å². The molecule has 0 spiro atoms. The summed E-state index contributed by atoms with van der Waals surface area (Å²) < 4.78 is 36.3. The van der Waals surface area contributed by atoms with E-state index in [4.69, 9.17) is 28.4 Å². The zero-order valence-electron chi connectivity index (χ0n) is 23.3. The number of thiazole rings is 1. The maximum Gasteiger partial charge on any atom is 0.270 e. The largest absolute Gasteiger partial charge is 0.382 e. The summed E-state index contributed by atoms with van der Waals surface area (Å²) in [5.74, 6) is 0. The smallest absolute Gasteiger partial charge is 0.270 e. The maximum atomic E-state index is 5.86. The molecule has 40 heavy (non-hydrogen) atoms. The molecule has 0 saturated heterocycles. The van der Waals surface area contributed by atoms with Crippen LogP contribution in [0.5, 0.6) is 0 Å². The first-order valence-electron chi connectivity index (χ1n) is 13.5. The number of fused-ring (bicyclic) bond motifs is 2. The monoisotopic (exact) mass is 587 g/mol. The van der Waals surface area contributed by atoms with Crippen molar-refractivity contribution in [3.05, 3.63) is 64.3 Å². The number of ether oxygens (including phenoxy) is 6. The molecule has 4 rings (SSSR count). The average molecular weight is 588 g/mol. The third kappa shape index (κ3) is 9.14. The average Bonchev–Trinajstić information content (AvgIpc) is 3.52. The standard InChI is InChI=1S/C30H39N2O6S2/c1-33-17-19-37-23-21-35-15-13-31-25-7-3-5-9-27(25)39-29(31)11-12-30-32(26-8-4-6-10-28(26)40-30)14-16-36-22-24-38-20-18-34-2/h3-11H,13-24H2,1-2H3/q+1. The summed E-state index contributed by atoms with van der Waals surface area (Å²) in [5, 5.41) is 2.20. The van der Waals surface area contributed by atoms with Crippen molar-refractivity contribution < 1.29 is 33.0 Å². The van der Waals surface area contributed by atoms with Crippen LogP contribution in [0.15, 0.2) is 64.2 Å². The molecule has 216 valence electrons. The van der Waals surface area contributed by atoms with Gasteiger partial charge >= 0.3 is 0 Å². The Hall–Kier alpha value is -2.24. The van der Waals surface area contributed by atoms with Gasteiger partial charge in [-0.05, 0) is 18.2 Å². The molecule has 3 aromatic rings. The van der Waals surface area contributed by atoms with E-state index in [1.54, 1.807) is 37.3 Å². The van der Waals surface area contributed by atoms with Gasteiger partial charge < -0.3 is 33.3 Å². The molecule has 10 heteroatoms. The number of aromatic nitrogens is 1. The van der Waals surface area contributed by atoms with Gasteiger partial charge in [0.15, 0.2) is 6.54 Å². The Morgan fingerprint density at radius 2 is 1.38 bits per heavy atom. The Balaban J connectivity index is 1.41. The normalized spacial score (nSPS) is 12.8. The lowest BCUT2D eigenvalue weighted by Crippen LogP contribution is -2.37. The van der Waals surface area contributed by atoms with Crippen LogP contribution in [0.1, 0.15) is 5.01 Å². The van der Waals surface area contributed by atoms with Gasteiger partial charge in [-0.3, -0.25) is 0 Å². The van der Waals surface area contributed by atoms with Gasteiger partial charge in [-0.2, -0.15) is 4.57 Å². The minimum Gasteiger partial charge on any atom is -0.382 e. The summed E-state index contributed by atoms with van der Waals surface area (Å²) in [6.07, 6.45) is 2.10. The van der Waals surface area contributed by atoms with Crippen LogP contribution in [0, 0.1) is 0 Å². The van der Waals surface area contributed by atoms with Crippen molar-refractivity contribution in [3.63, 3.8) is 0 Å². The highest BCUT2D eigenvalue weighted by Crippen LogP contribution is 2.45. The summed E-state index contributed by atoms with van der Waals surface area (Å²) in [5.41, 5.74) is 5.99. The van der Waals surface area contributed by atoms with Gasteiger partial charge in [0.25, 0.3) is 5.01 Å². The van der Waals surface area contributed by atoms with Crippen LogP contribution in [0.4, 0.5) is 5.69 Å². The van der Waals surface area contributed by atoms with Crippen LogP contribution in [-0.2, 0) is 35.0 Å². The minimum atomic E-state index is 0.560. The number of para-hydroxylation sites is 2. The van der Waals surface area contributed by atoms with Crippen LogP contribution in [0.3, 0.4) is 0 Å². The molecular weight excluding hydrogens is 548 g/mol. The van der Waals surface area contributed by atoms with E-state index in [9.17, 15) is 0 Å². The molecule has 0 aliphatic carbocycles. The molecule has 0 saturated carbocycles. The van der Waals surface area contributed by atoms with Crippen molar-refractivity contribution in [2.45, 2.75) is 11.4 Å². The predicted molar refractivity (Wildman–Crippen MR) is 160 cm³/mol. The molecule has 1 aliphatic rings. The highest BCUT2D eigenvalue weighted by Gasteiger charge is 2.25. The number of hydrogen-bond donors (Lipinski definition) is 0. The van der Waals surface area contributed by atoms with Crippen LogP contribution in [0.2, 0.25) is 0 Å². The van der Waals surface area contributed by atoms with Crippen molar-refractivity contribution >= 4 is 45.1 Å². The van der Waals surface area contributed by atoms with Gasteiger partial charge in [0.05, 0.1) is 71.2 Å². The van der Waals surface area contributed by atoms with E-state index in [2.05, 4.69) is 69.8 Å². The molecule has 0 amide bonds. The number of benzene rings is 2. The maximum absolute atomic E-state index is 5.86. The number of nitrogens with zero attached hydrogens (tertiary/aromatic N) is 2. The molecule has 0 fully saturated rings. The third-order valence-corrected chi connectivity index (χ3v) is 8.30. The highest BCUT2D eigenvalue weighted by atomic mass is 32.2. The SMILES string of the molecule is COCCOCCOCCN1C(=C=Cc2sc3ccccc3[n+]2CCOCCOCCOC)Sc2ccccc21. The first-order chi connectivity index (χ1) is 19.8. The second-order valence-corrected chi connectivity index (χ2v) is 10.9. The molecule has 8 nitrogen and oxygen atoms in total. The van der Waals surface area contributed by atoms with Crippen molar-refractivity contribution in [3.8, 4) is 0 Å². The van der Waals surface area contributed by atoms with Crippen LogP contribution in [-0.4, -0.2) is 86.8 Å². The third-order valence-electron chi connectivity index (χ3n) is 6.09. The molecule has 1 aromatic heterocycles. The van der Waals surface area contributed by atoms with Gasteiger partial charge in [-0.1, -0.05) is 53.1 Å². The molecular formula is C30H39N2O6S2+. The molecule has 0 atom stereocenters. The van der Waals surface area contributed by atoms with E-state index in [1.165, 1.54) is 20.8 Å². The van der Waals surface area contributed by atoms with E-state index >= 15 is 0 Å². The zero-order chi connectivity index (χ0) is 27.8. The van der Waals surface area contributed by atoms with Gasteiger partial charge in [-0.15, -0.1) is 0 Å². The Bertz CT molecular complexity index is 1240. The number of hydrogen-bond acceptors (Lipinski definition) is 9. The van der Waals surface area contributed by atoms with Gasteiger partial charge in [0.1, 0.15) is 16.3 Å². The van der Waals surface area contributed by atoms with Crippen molar-refractivity contribution in [2.75, 3.05) is 91.7 Å². The fraction of sp³-hybridized carbons (Fsp3) is 0.467. The fourth-order valence-electron chi connectivity index (χ4n) is 4.12. The van der Waals surface area contributed by atoms with E-state index < -0.39 is 0 Å². The lowest BCUT2D eigenvalue weighted by atomic mass is 10.3. The predicted octanol–water partition coefficient (Wildman–Crippen LogP) is 4.61.